The highest BCUT2D eigenvalue weighted by Crippen LogP contribution is 2.24. The van der Waals surface area contributed by atoms with Crippen LogP contribution in [-0.2, 0) is 11.3 Å². The van der Waals surface area contributed by atoms with Gasteiger partial charge in [-0.15, -0.1) is 11.7 Å². The van der Waals surface area contributed by atoms with Crippen molar-refractivity contribution in [3.8, 4) is 11.1 Å². The Kier molecular flexibility index (Phi) is 8.44. The molecule has 2 aliphatic rings. The van der Waals surface area contributed by atoms with Crippen LogP contribution in [0.25, 0.3) is 28.0 Å². The predicted octanol–water partition coefficient (Wildman–Crippen LogP) is 1.69. The van der Waals surface area contributed by atoms with Crippen LogP contribution in [0.2, 0.25) is 0 Å². The summed E-state index contributed by atoms with van der Waals surface area (Å²) >= 11 is 0. The lowest BCUT2D eigenvalue weighted by Crippen LogP contribution is -2.45. The van der Waals surface area contributed by atoms with E-state index in [4.69, 9.17) is 9.72 Å². The minimum Gasteiger partial charge on any atom is -0.373 e. The van der Waals surface area contributed by atoms with Gasteiger partial charge in [-0.2, -0.15) is 5.10 Å². The first-order valence-electron chi connectivity index (χ1n) is 14.3. The molecule has 6 rings (SSSR count). The minimum atomic E-state index is -0.133. The lowest BCUT2D eigenvalue weighted by atomic mass is 10.1. The fourth-order valence-corrected chi connectivity index (χ4v) is 5.28. The molecule has 0 aromatic carbocycles. The maximum Gasteiger partial charge on any atom is 0.225 e. The third-order valence-corrected chi connectivity index (χ3v) is 7.56. The summed E-state index contributed by atoms with van der Waals surface area (Å²) in [6, 6.07) is 0.442. The molecule has 14 nitrogen and oxygen atoms in total. The number of hydrazine groups is 1. The zero-order chi connectivity index (χ0) is 28.9. The van der Waals surface area contributed by atoms with Crippen LogP contribution in [0.3, 0.4) is 0 Å². The molecule has 0 spiro atoms. The Bertz CT molecular complexity index is 1520. The van der Waals surface area contributed by atoms with Crippen molar-refractivity contribution in [1.29, 1.82) is 0 Å². The smallest absolute Gasteiger partial charge is 0.225 e. The molecule has 0 aliphatic carbocycles. The van der Waals surface area contributed by atoms with Gasteiger partial charge in [0.05, 0.1) is 43.4 Å². The van der Waals surface area contributed by atoms with Crippen molar-refractivity contribution >= 4 is 22.8 Å². The van der Waals surface area contributed by atoms with Crippen LogP contribution in [0.1, 0.15) is 31.5 Å². The molecule has 0 unspecified atom stereocenters. The van der Waals surface area contributed by atoms with E-state index in [-0.39, 0.29) is 6.10 Å². The Morgan fingerprint density at radius 3 is 2.81 bits per heavy atom. The summed E-state index contributed by atoms with van der Waals surface area (Å²) in [6.07, 6.45) is 15.3. The van der Waals surface area contributed by atoms with Gasteiger partial charge in [-0.1, -0.05) is 11.3 Å². The highest BCUT2D eigenvalue weighted by molar-refractivity contribution is 5.69. The summed E-state index contributed by atoms with van der Waals surface area (Å²) in [4.78, 5) is 20.8. The first-order chi connectivity index (χ1) is 20.6. The first kappa shape index (κ1) is 27.9. The SMILES string of the molecule is C=CCNN(C)/C=C(\C)c1cnc2nnn(C[C@@H]3CN(c4ncc(-c5cnn(C6CCNCC6)c5)cn4)CCO3)c2n1. The standard InChI is InChI=1S/C28H37N13O/c1-4-7-33-38(3)16-20(2)25-15-30-26-27(35-25)41(37-36-26)19-24-18-39(10-11-42-24)28-31-12-21(13-32-28)22-14-34-40(17-22)23-5-8-29-9-6-23/h4,12-17,23-24,29,33H,1,5-11,18-19H2,2-3H3/b20-16+/t24-/m0/s1. The Morgan fingerprint density at radius 2 is 2.00 bits per heavy atom. The number of piperidine rings is 1. The lowest BCUT2D eigenvalue weighted by molar-refractivity contribution is 0.0272. The van der Waals surface area contributed by atoms with E-state index in [0.29, 0.717) is 56.1 Å². The second kappa shape index (κ2) is 12.7. The molecule has 1 atom stereocenters. The van der Waals surface area contributed by atoms with Crippen LogP contribution in [0.4, 0.5) is 5.95 Å². The Hall–Kier alpha value is -4.27. The molecule has 4 aromatic rings. The second-order valence-electron chi connectivity index (χ2n) is 10.6. The monoisotopic (exact) mass is 571 g/mol. The predicted molar refractivity (Wildman–Crippen MR) is 159 cm³/mol. The molecule has 0 bridgehead atoms. The number of morpholine rings is 1. The zero-order valence-electron chi connectivity index (χ0n) is 24.1. The number of rotatable bonds is 10. The number of allylic oxidation sites excluding steroid dienone is 1. The molecule has 2 aliphatic heterocycles. The summed E-state index contributed by atoms with van der Waals surface area (Å²) in [5.41, 5.74) is 8.01. The van der Waals surface area contributed by atoms with Crippen molar-refractivity contribution in [1.82, 2.24) is 60.5 Å². The average Bonchev–Trinajstić information content (AvgIpc) is 3.68. The van der Waals surface area contributed by atoms with Gasteiger partial charge in [0.2, 0.25) is 11.6 Å². The zero-order valence-corrected chi connectivity index (χ0v) is 24.1. The van der Waals surface area contributed by atoms with Crippen LogP contribution >= 0.6 is 0 Å². The number of nitrogens with zero attached hydrogens (tertiary/aromatic N) is 11. The number of nitrogens with one attached hydrogen (secondary N) is 2. The molecule has 0 radical (unpaired) electrons. The summed E-state index contributed by atoms with van der Waals surface area (Å²) in [5.74, 6) is 0.679. The maximum atomic E-state index is 6.09. The molecule has 42 heavy (non-hydrogen) atoms. The van der Waals surface area contributed by atoms with Gasteiger partial charge in [0.1, 0.15) is 0 Å². The largest absolute Gasteiger partial charge is 0.373 e. The third-order valence-electron chi connectivity index (χ3n) is 7.56. The molecular weight excluding hydrogens is 534 g/mol. The third kappa shape index (κ3) is 6.30. The topological polar surface area (TPSA) is 140 Å². The molecular formula is C28H37N13O. The molecule has 0 amide bonds. The van der Waals surface area contributed by atoms with Crippen molar-refractivity contribution in [2.75, 3.05) is 51.3 Å². The number of hydrogen-bond donors (Lipinski definition) is 2. The van der Waals surface area contributed by atoms with Gasteiger partial charge >= 0.3 is 0 Å². The Balaban J connectivity index is 1.11. The van der Waals surface area contributed by atoms with E-state index in [0.717, 1.165) is 48.3 Å². The van der Waals surface area contributed by atoms with E-state index in [9.17, 15) is 0 Å². The van der Waals surface area contributed by atoms with Crippen LogP contribution in [-0.4, -0.2) is 102 Å². The van der Waals surface area contributed by atoms with E-state index in [1.54, 1.807) is 17.0 Å². The van der Waals surface area contributed by atoms with Crippen LogP contribution in [0, 0.1) is 0 Å². The Morgan fingerprint density at radius 1 is 1.17 bits per heavy atom. The molecule has 6 heterocycles. The van der Waals surface area contributed by atoms with Crippen LogP contribution in [0.5, 0.6) is 0 Å². The van der Waals surface area contributed by atoms with Crippen molar-refractivity contribution in [2.24, 2.45) is 0 Å². The minimum absolute atomic E-state index is 0.133. The molecule has 2 saturated heterocycles. The highest BCUT2D eigenvalue weighted by Gasteiger charge is 2.25. The number of aromatic nitrogens is 9. The molecule has 220 valence electrons. The van der Waals surface area contributed by atoms with Crippen molar-refractivity contribution in [2.45, 2.75) is 38.5 Å². The van der Waals surface area contributed by atoms with E-state index in [1.165, 1.54) is 0 Å². The van der Waals surface area contributed by atoms with Crippen LogP contribution in [0.15, 0.2) is 49.8 Å². The molecule has 4 aromatic heterocycles. The summed E-state index contributed by atoms with van der Waals surface area (Å²) in [5, 5.41) is 18.4. The summed E-state index contributed by atoms with van der Waals surface area (Å²) in [7, 11) is 1.93. The van der Waals surface area contributed by atoms with Crippen LogP contribution < -0.4 is 15.6 Å². The number of fused-ring (bicyclic) bond motifs is 1. The first-order valence-corrected chi connectivity index (χ1v) is 14.3. The summed E-state index contributed by atoms with van der Waals surface area (Å²) < 4.78 is 9.93. The summed E-state index contributed by atoms with van der Waals surface area (Å²) in [6.45, 7) is 10.8. The molecule has 2 N–H and O–H groups in total. The Labute approximate surface area is 244 Å². The van der Waals surface area contributed by atoms with Crippen molar-refractivity contribution in [3.63, 3.8) is 0 Å². The fourth-order valence-electron chi connectivity index (χ4n) is 5.28. The van der Waals surface area contributed by atoms with Crippen molar-refractivity contribution < 1.29 is 4.74 Å². The number of hydrogen-bond acceptors (Lipinski definition) is 12. The lowest BCUT2D eigenvalue weighted by Gasteiger charge is -2.32. The van der Waals surface area contributed by atoms with Gasteiger partial charge in [0, 0.05) is 62.6 Å². The number of anilines is 1. The van der Waals surface area contributed by atoms with Gasteiger partial charge in [-0.3, -0.25) is 4.68 Å². The van der Waals surface area contributed by atoms with Gasteiger partial charge in [-0.05, 0) is 38.4 Å². The molecule has 14 heteroatoms. The van der Waals surface area contributed by atoms with Gasteiger partial charge in [0.15, 0.2) is 5.65 Å². The van der Waals surface area contributed by atoms with Gasteiger partial charge in [0.25, 0.3) is 0 Å². The second-order valence-corrected chi connectivity index (χ2v) is 10.6. The van der Waals surface area contributed by atoms with Crippen molar-refractivity contribution in [3.05, 3.63) is 55.5 Å². The molecule has 2 fully saturated rings. The van der Waals surface area contributed by atoms with E-state index in [1.807, 2.05) is 43.8 Å². The highest BCUT2D eigenvalue weighted by atomic mass is 16.5. The fraction of sp³-hybridized carbons (Fsp3) is 0.464. The van der Waals surface area contributed by atoms with E-state index < -0.39 is 0 Å². The van der Waals surface area contributed by atoms with E-state index >= 15 is 0 Å². The van der Waals surface area contributed by atoms with Gasteiger partial charge < -0.3 is 20.0 Å². The normalized spacial score (nSPS) is 18.5. The van der Waals surface area contributed by atoms with Gasteiger partial charge in [-0.25, -0.2) is 30.0 Å². The maximum absolute atomic E-state index is 6.09. The average molecular weight is 572 g/mol. The van der Waals surface area contributed by atoms with E-state index in [2.05, 4.69) is 63.5 Å². The molecule has 0 saturated carbocycles. The number of ether oxygens (including phenoxy) is 1. The quantitative estimate of drug-likeness (QED) is 0.211.